The maximum Gasteiger partial charge on any atom is 0.416 e. The Kier molecular flexibility index (Phi) is 5.43. The molecule has 0 atom stereocenters. The molecule has 0 fully saturated rings. The van der Waals surface area contributed by atoms with Gasteiger partial charge in [-0.3, -0.25) is 10.1 Å². The lowest BCUT2D eigenvalue weighted by atomic mass is 10.1. The van der Waals surface area contributed by atoms with Crippen LogP contribution in [-0.4, -0.2) is 19.9 Å². The van der Waals surface area contributed by atoms with Crippen LogP contribution in [0.5, 0.6) is 0 Å². The third-order valence-corrected chi connectivity index (χ3v) is 4.76. The second-order valence-corrected chi connectivity index (χ2v) is 6.87. The van der Waals surface area contributed by atoms with E-state index in [1.807, 2.05) is 0 Å². The number of alkyl halides is 3. The highest BCUT2D eigenvalue weighted by Gasteiger charge is 2.30. The first-order valence-electron chi connectivity index (χ1n) is 7.00. The fourth-order valence-corrected chi connectivity index (χ4v) is 3.15. The summed E-state index contributed by atoms with van der Waals surface area (Å²) in [6.45, 7) is -0.146. The van der Waals surface area contributed by atoms with E-state index in [-0.39, 0.29) is 23.5 Å². The largest absolute Gasteiger partial charge is 0.416 e. The number of halogens is 3. The highest BCUT2D eigenvalue weighted by Crippen LogP contribution is 2.29. The number of nitrogens with one attached hydrogen (secondary N) is 1. The van der Waals surface area contributed by atoms with E-state index < -0.39 is 26.7 Å². The molecule has 0 radical (unpaired) electrons. The molecule has 1 N–H and O–H groups in total. The maximum atomic E-state index is 12.6. The summed E-state index contributed by atoms with van der Waals surface area (Å²) in [5.74, 6) is 0. The second kappa shape index (κ2) is 7.19. The van der Waals surface area contributed by atoms with E-state index in [0.717, 1.165) is 24.3 Å². The molecule has 0 aromatic heterocycles. The van der Waals surface area contributed by atoms with Crippen molar-refractivity contribution in [2.45, 2.75) is 17.5 Å². The van der Waals surface area contributed by atoms with Crippen LogP contribution in [0.4, 0.5) is 18.9 Å². The number of benzene rings is 2. The molecule has 0 aliphatic heterocycles. The lowest BCUT2D eigenvalue weighted by molar-refractivity contribution is -0.385. The summed E-state index contributed by atoms with van der Waals surface area (Å²) >= 11 is 0. The van der Waals surface area contributed by atoms with Crippen molar-refractivity contribution in [3.8, 4) is 0 Å². The molecule has 0 aliphatic rings. The number of nitro groups is 1. The van der Waals surface area contributed by atoms with Crippen molar-refractivity contribution >= 4 is 15.7 Å². The van der Waals surface area contributed by atoms with Gasteiger partial charge >= 0.3 is 6.18 Å². The quantitative estimate of drug-likeness (QED) is 0.621. The molecule has 0 spiro atoms. The fraction of sp³-hybridized carbons (Fsp3) is 0.200. The van der Waals surface area contributed by atoms with Crippen LogP contribution < -0.4 is 4.72 Å². The lowest BCUT2D eigenvalue weighted by Crippen LogP contribution is -2.26. The van der Waals surface area contributed by atoms with Crippen LogP contribution in [0.3, 0.4) is 0 Å². The van der Waals surface area contributed by atoms with Gasteiger partial charge in [-0.25, -0.2) is 13.1 Å². The van der Waals surface area contributed by atoms with Crippen LogP contribution in [0.25, 0.3) is 0 Å². The second-order valence-electron chi connectivity index (χ2n) is 5.10. The van der Waals surface area contributed by atoms with Crippen LogP contribution in [0.15, 0.2) is 53.4 Å². The van der Waals surface area contributed by atoms with Crippen molar-refractivity contribution in [2.24, 2.45) is 0 Å². The Hall–Kier alpha value is -2.46. The third kappa shape index (κ3) is 5.00. The van der Waals surface area contributed by atoms with Gasteiger partial charge in [0.15, 0.2) is 0 Å². The van der Waals surface area contributed by atoms with Crippen LogP contribution in [-0.2, 0) is 22.6 Å². The number of nitrogens with zero attached hydrogens (tertiary/aromatic N) is 1. The predicted octanol–water partition coefficient (Wildman–Crippen LogP) is 3.13. The molecule has 0 bridgehead atoms. The Morgan fingerprint density at radius 2 is 1.76 bits per heavy atom. The van der Waals surface area contributed by atoms with Crippen LogP contribution in [0.2, 0.25) is 0 Å². The van der Waals surface area contributed by atoms with Gasteiger partial charge in [-0.2, -0.15) is 13.2 Å². The van der Waals surface area contributed by atoms with Gasteiger partial charge < -0.3 is 0 Å². The predicted molar refractivity (Wildman–Crippen MR) is 83.4 cm³/mol. The molecule has 0 unspecified atom stereocenters. The average molecular weight is 374 g/mol. The first kappa shape index (κ1) is 18.9. The zero-order valence-corrected chi connectivity index (χ0v) is 13.5. The standard InChI is InChI=1S/C15H13F3N2O4S/c16-15(17,18)12-4-1-3-11(9-12)7-8-19-25(23,24)14-6-2-5-13(10-14)20(21)22/h1-6,9-10,19H,7-8H2. The molecular weight excluding hydrogens is 361 g/mol. The van der Waals surface area contributed by atoms with Gasteiger partial charge in [-0.05, 0) is 24.1 Å². The SMILES string of the molecule is O=[N+]([O-])c1cccc(S(=O)(=O)NCCc2cccc(C(F)(F)F)c2)c1. The van der Waals surface area contributed by atoms with Gasteiger partial charge in [0, 0.05) is 18.7 Å². The number of sulfonamides is 1. The molecular formula is C15H13F3N2O4S. The summed E-state index contributed by atoms with van der Waals surface area (Å²) in [7, 11) is -4.00. The van der Waals surface area contributed by atoms with E-state index in [0.29, 0.717) is 5.56 Å². The van der Waals surface area contributed by atoms with E-state index in [9.17, 15) is 31.7 Å². The summed E-state index contributed by atoms with van der Waals surface area (Å²) in [5, 5.41) is 10.7. The molecule has 2 aromatic carbocycles. The van der Waals surface area contributed by atoms with Crippen LogP contribution in [0, 0.1) is 10.1 Å². The molecule has 2 rings (SSSR count). The van der Waals surface area contributed by atoms with Gasteiger partial charge in [0.1, 0.15) is 0 Å². The Morgan fingerprint density at radius 3 is 2.40 bits per heavy atom. The Morgan fingerprint density at radius 1 is 1.08 bits per heavy atom. The van der Waals surface area contributed by atoms with Gasteiger partial charge in [0.25, 0.3) is 5.69 Å². The summed E-state index contributed by atoms with van der Waals surface area (Å²) in [5.41, 5.74) is -0.871. The molecule has 2 aromatic rings. The van der Waals surface area contributed by atoms with Gasteiger partial charge in [-0.1, -0.05) is 24.3 Å². The third-order valence-electron chi connectivity index (χ3n) is 3.30. The minimum Gasteiger partial charge on any atom is -0.258 e. The number of nitro benzene ring substituents is 1. The minimum absolute atomic E-state index is 0.0398. The van der Waals surface area contributed by atoms with Gasteiger partial charge in [0.05, 0.1) is 15.4 Å². The molecule has 0 saturated heterocycles. The molecule has 0 saturated carbocycles. The summed E-state index contributed by atoms with van der Waals surface area (Å²) in [6.07, 6.45) is -4.43. The van der Waals surface area contributed by atoms with Crippen molar-refractivity contribution in [3.05, 3.63) is 69.8 Å². The highest BCUT2D eigenvalue weighted by atomic mass is 32.2. The zero-order valence-electron chi connectivity index (χ0n) is 12.7. The highest BCUT2D eigenvalue weighted by molar-refractivity contribution is 7.89. The van der Waals surface area contributed by atoms with Gasteiger partial charge in [-0.15, -0.1) is 0 Å². The van der Waals surface area contributed by atoms with Crippen LogP contribution in [0.1, 0.15) is 11.1 Å². The Balaban J connectivity index is 2.06. The zero-order chi connectivity index (χ0) is 18.7. The van der Waals surface area contributed by atoms with Crippen LogP contribution >= 0.6 is 0 Å². The summed E-state index contributed by atoms with van der Waals surface area (Å²) in [4.78, 5) is 9.68. The molecule has 0 heterocycles. The van der Waals surface area contributed by atoms with Crippen molar-refractivity contribution in [3.63, 3.8) is 0 Å². The van der Waals surface area contributed by atoms with Crippen molar-refractivity contribution in [1.29, 1.82) is 0 Å². The van der Waals surface area contributed by atoms with Crippen molar-refractivity contribution < 1.29 is 26.5 Å². The molecule has 6 nitrogen and oxygen atoms in total. The lowest BCUT2D eigenvalue weighted by Gasteiger charge is -2.10. The molecule has 25 heavy (non-hydrogen) atoms. The van der Waals surface area contributed by atoms with E-state index in [1.165, 1.54) is 24.3 Å². The Bertz CT molecular complexity index is 882. The fourth-order valence-electron chi connectivity index (χ4n) is 2.08. The maximum absolute atomic E-state index is 12.6. The number of rotatable bonds is 6. The average Bonchev–Trinajstić information content (AvgIpc) is 2.54. The normalized spacial score (nSPS) is 12.1. The molecule has 10 heteroatoms. The smallest absolute Gasteiger partial charge is 0.258 e. The monoisotopic (exact) mass is 374 g/mol. The Labute approximate surface area is 141 Å². The topological polar surface area (TPSA) is 89.3 Å². The van der Waals surface area contributed by atoms with Crippen molar-refractivity contribution in [2.75, 3.05) is 6.54 Å². The molecule has 0 amide bonds. The summed E-state index contributed by atoms with van der Waals surface area (Å²) < 4.78 is 64.3. The number of non-ortho nitro benzene ring substituents is 1. The van der Waals surface area contributed by atoms with E-state index in [4.69, 9.17) is 0 Å². The first-order valence-corrected chi connectivity index (χ1v) is 8.48. The van der Waals surface area contributed by atoms with E-state index in [2.05, 4.69) is 4.72 Å². The minimum atomic E-state index is -4.47. The van der Waals surface area contributed by atoms with E-state index in [1.54, 1.807) is 0 Å². The number of hydrogen-bond donors (Lipinski definition) is 1. The molecule has 134 valence electrons. The first-order chi connectivity index (χ1) is 11.6. The molecule has 0 aliphatic carbocycles. The van der Waals surface area contributed by atoms with E-state index >= 15 is 0 Å². The van der Waals surface area contributed by atoms with Gasteiger partial charge in [0.2, 0.25) is 10.0 Å². The van der Waals surface area contributed by atoms with Crippen molar-refractivity contribution in [1.82, 2.24) is 4.72 Å². The number of hydrogen-bond acceptors (Lipinski definition) is 4. The summed E-state index contributed by atoms with van der Waals surface area (Å²) in [6, 6.07) is 9.07.